The summed E-state index contributed by atoms with van der Waals surface area (Å²) < 4.78 is 43.9. The number of esters is 1. The Hall–Kier alpha value is -3.43. The van der Waals surface area contributed by atoms with Crippen LogP contribution in [0.15, 0.2) is 42.5 Å². The number of alkyl halides is 3. The van der Waals surface area contributed by atoms with Crippen molar-refractivity contribution < 1.29 is 32.4 Å². The number of hydrogen-bond donors (Lipinski definition) is 1. The van der Waals surface area contributed by atoms with Crippen molar-refractivity contribution in [3.8, 4) is 0 Å². The molecule has 0 bridgehead atoms. The van der Waals surface area contributed by atoms with Gasteiger partial charge in [0, 0.05) is 11.6 Å². The van der Waals surface area contributed by atoms with Gasteiger partial charge in [-0.25, -0.2) is 4.79 Å². The van der Waals surface area contributed by atoms with Crippen molar-refractivity contribution in [3.63, 3.8) is 0 Å². The Morgan fingerprint density at radius 3 is 2.39 bits per heavy atom. The van der Waals surface area contributed by atoms with E-state index in [9.17, 15) is 32.9 Å². The number of anilines is 1. The van der Waals surface area contributed by atoms with Crippen molar-refractivity contribution in [1.29, 1.82) is 0 Å². The Kier molecular flexibility index (Phi) is 6.02. The molecule has 10 heteroatoms. The number of nitro groups is 1. The number of para-hydroxylation sites is 1. The Balaban J connectivity index is 2.15. The van der Waals surface area contributed by atoms with Gasteiger partial charge >= 0.3 is 12.1 Å². The Morgan fingerprint density at radius 1 is 1.14 bits per heavy atom. The summed E-state index contributed by atoms with van der Waals surface area (Å²) in [5.41, 5.74) is -1.89. The fourth-order valence-corrected chi connectivity index (χ4v) is 2.39. The minimum absolute atomic E-state index is 0.0486. The van der Waals surface area contributed by atoms with Crippen molar-refractivity contribution in [2.75, 3.05) is 5.32 Å². The van der Waals surface area contributed by atoms with E-state index in [4.69, 9.17) is 4.74 Å². The lowest BCUT2D eigenvalue weighted by Gasteiger charge is -2.17. The van der Waals surface area contributed by atoms with Crippen LogP contribution in [0, 0.1) is 17.0 Å². The maximum Gasteiger partial charge on any atom is 0.418 e. The molecule has 28 heavy (non-hydrogen) atoms. The predicted molar refractivity (Wildman–Crippen MR) is 92.8 cm³/mol. The van der Waals surface area contributed by atoms with Crippen LogP contribution in [0.25, 0.3) is 0 Å². The summed E-state index contributed by atoms with van der Waals surface area (Å²) in [6.07, 6.45) is -6.11. The number of nitro benzene ring substituents is 1. The maximum absolute atomic E-state index is 13.0. The molecule has 0 aliphatic rings. The van der Waals surface area contributed by atoms with Gasteiger partial charge in [-0.1, -0.05) is 18.2 Å². The van der Waals surface area contributed by atoms with Crippen LogP contribution < -0.4 is 5.32 Å². The number of benzene rings is 2. The number of nitrogens with one attached hydrogen (secondary N) is 1. The van der Waals surface area contributed by atoms with Crippen LogP contribution in [-0.2, 0) is 15.7 Å². The van der Waals surface area contributed by atoms with Crippen LogP contribution >= 0.6 is 0 Å². The van der Waals surface area contributed by atoms with Crippen molar-refractivity contribution in [3.05, 3.63) is 69.3 Å². The summed E-state index contributed by atoms with van der Waals surface area (Å²) in [5.74, 6) is -1.99. The van der Waals surface area contributed by atoms with Gasteiger partial charge in [0.2, 0.25) is 0 Å². The highest BCUT2D eigenvalue weighted by Gasteiger charge is 2.34. The third-order valence-corrected chi connectivity index (χ3v) is 3.87. The molecule has 1 amide bonds. The van der Waals surface area contributed by atoms with E-state index < -0.39 is 40.3 Å². The van der Waals surface area contributed by atoms with E-state index in [0.29, 0.717) is 0 Å². The molecule has 0 fully saturated rings. The quantitative estimate of drug-likeness (QED) is 0.466. The second kappa shape index (κ2) is 8.07. The Labute approximate surface area is 157 Å². The number of nitrogens with zero attached hydrogens (tertiary/aromatic N) is 1. The molecule has 0 saturated heterocycles. The number of carbonyl (C=O) groups is 2. The van der Waals surface area contributed by atoms with Gasteiger partial charge in [0.1, 0.15) is 0 Å². The first-order valence-corrected chi connectivity index (χ1v) is 7.94. The summed E-state index contributed by atoms with van der Waals surface area (Å²) in [6, 6.07) is 8.14. The summed E-state index contributed by atoms with van der Waals surface area (Å²) in [4.78, 5) is 34.7. The maximum atomic E-state index is 13.0. The molecule has 148 valence electrons. The molecule has 0 saturated carbocycles. The normalized spacial score (nSPS) is 12.2. The second-order valence-corrected chi connectivity index (χ2v) is 5.79. The molecule has 0 heterocycles. The number of rotatable bonds is 5. The van der Waals surface area contributed by atoms with Crippen molar-refractivity contribution >= 4 is 23.3 Å². The predicted octanol–water partition coefficient (Wildman–Crippen LogP) is 4.11. The Morgan fingerprint density at radius 2 is 1.79 bits per heavy atom. The van der Waals surface area contributed by atoms with E-state index in [2.05, 4.69) is 5.32 Å². The van der Waals surface area contributed by atoms with E-state index in [1.54, 1.807) is 0 Å². The van der Waals surface area contributed by atoms with Crippen LogP contribution in [0.2, 0.25) is 0 Å². The zero-order valence-corrected chi connectivity index (χ0v) is 14.7. The number of amides is 1. The number of halogens is 3. The molecule has 7 nitrogen and oxygen atoms in total. The smallest absolute Gasteiger partial charge is 0.418 e. The number of ether oxygens (including phenoxy) is 1. The molecular weight excluding hydrogens is 381 g/mol. The van der Waals surface area contributed by atoms with E-state index in [0.717, 1.165) is 12.1 Å². The first-order valence-electron chi connectivity index (χ1n) is 7.94. The Bertz CT molecular complexity index is 928. The van der Waals surface area contributed by atoms with E-state index in [1.807, 2.05) is 0 Å². The third kappa shape index (κ3) is 4.64. The average molecular weight is 396 g/mol. The van der Waals surface area contributed by atoms with Crippen LogP contribution in [0.1, 0.15) is 28.4 Å². The lowest BCUT2D eigenvalue weighted by molar-refractivity contribution is -0.385. The van der Waals surface area contributed by atoms with Crippen LogP contribution in [0.3, 0.4) is 0 Å². The van der Waals surface area contributed by atoms with Gasteiger partial charge in [-0.05, 0) is 32.0 Å². The van der Waals surface area contributed by atoms with Gasteiger partial charge in [0.25, 0.3) is 11.6 Å². The molecule has 2 aromatic rings. The van der Waals surface area contributed by atoms with Gasteiger partial charge in [-0.2, -0.15) is 13.2 Å². The van der Waals surface area contributed by atoms with E-state index >= 15 is 0 Å². The van der Waals surface area contributed by atoms with E-state index in [1.165, 1.54) is 44.2 Å². The summed E-state index contributed by atoms with van der Waals surface area (Å²) >= 11 is 0. The molecule has 0 radical (unpaired) electrons. The molecule has 1 atom stereocenters. The third-order valence-electron chi connectivity index (χ3n) is 3.87. The standard InChI is InChI=1S/C18H15F3N2O5/c1-10-12(6-5-9-15(10)23(26)27)17(25)28-11(2)16(24)22-14-8-4-3-7-13(14)18(19,20)21/h3-9,11H,1-2H3,(H,22,24)/t11-/m1/s1. The summed E-state index contributed by atoms with van der Waals surface area (Å²) in [7, 11) is 0. The minimum atomic E-state index is -4.68. The number of carbonyl (C=O) groups excluding carboxylic acids is 2. The van der Waals surface area contributed by atoms with Gasteiger partial charge in [-0.3, -0.25) is 14.9 Å². The summed E-state index contributed by atoms with van der Waals surface area (Å²) in [6.45, 7) is 2.52. The highest BCUT2D eigenvalue weighted by atomic mass is 19.4. The van der Waals surface area contributed by atoms with Crippen molar-refractivity contribution in [2.24, 2.45) is 0 Å². The fourth-order valence-electron chi connectivity index (χ4n) is 2.39. The molecule has 0 aliphatic carbocycles. The second-order valence-electron chi connectivity index (χ2n) is 5.79. The fraction of sp³-hybridized carbons (Fsp3) is 0.222. The monoisotopic (exact) mass is 396 g/mol. The van der Waals surface area contributed by atoms with Gasteiger partial charge in [-0.15, -0.1) is 0 Å². The highest BCUT2D eigenvalue weighted by Crippen LogP contribution is 2.34. The molecule has 0 spiro atoms. The van der Waals surface area contributed by atoms with Crippen molar-refractivity contribution in [2.45, 2.75) is 26.1 Å². The lowest BCUT2D eigenvalue weighted by Crippen LogP contribution is -2.31. The molecule has 0 aromatic heterocycles. The largest absolute Gasteiger partial charge is 0.449 e. The minimum Gasteiger partial charge on any atom is -0.449 e. The molecule has 0 unspecified atom stereocenters. The zero-order valence-electron chi connectivity index (χ0n) is 14.7. The molecule has 2 aromatic carbocycles. The zero-order chi connectivity index (χ0) is 21.1. The average Bonchev–Trinajstić information content (AvgIpc) is 2.60. The SMILES string of the molecule is Cc1c(C(=O)O[C@H](C)C(=O)Nc2ccccc2C(F)(F)F)cccc1[N+](=O)[O-]. The molecular formula is C18H15F3N2O5. The lowest BCUT2D eigenvalue weighted by atomic mass is 10.1. The van der Waals surface area contributed by atoms with Gasteiger partial charge < -0.3 is 10.1 Å². The topological polar surface area (TPSA) is 98.5 Å². The van der Waals surface area contributed by atoms with Crippen molar-refractivity contribution in [1.82, 2.24) is 0 Å². The summed E-state index contributed by atoms with van der Waals surface area (Å²) in [5, 5.41) is 13.0. The highest BCUT2D eigenvalue weighted by molar-refractivity contribution is 5.98. The molecule has 0 aliphatic heterocycles. The van der Waals surface area contributed by atoms with E-state index in [-0.39, 0.29) is 16.8 Å². The molecule has 1 N–H and O–H groups in total. The van der Waals surface area contributed by atoms with Crippen LogP contribution in [0.5, 0.6) is 0 Å². The first-order chi connectivity index (χ1) is 13.0. The van der Waals surface area contributed by atoms with Crippen LogP contribution in [0.4, 0.5) is 24.5 Å². The van der Waals surface area contributed by atoms with Crippen LogP contribution in [-0.4, -0.2) is 22.9 Å². The van der Waals surface area contributed by atoms with Gasteiger partial charge in [0.05, 0.1) is 21.7 Å². The number of hydrogen-bond acceptors (Lipinski definition) is 5. The van der Waals surface area contributed by atoms with Gasteiger partial charge in [0.15, 0.2) is 6.10 Å². The first kappa shape index (κ1) is 20.9. The molecule has 2 rings (SSSR count).